The van der Waals surface area contributed by atoms with Gasteiger partial charge < -0.3 is 15.2 Å². The molecule has 0 radical (unpaired) electrons. The molecule has 1 saturated heterocycles. The summed E-state index contributed by atoms with van der Waals surface area (Å²) in [5, 5.41) is 11.0. The third-order valence-electron chi connectivity index (χ3n) is 4.19. The predicted molar refractivity (Wildman–Crippen MR) is 92.5 cm³/mol. The predicted octanol–water partition coefficient (Wildman–Crippen LogP) is 1.58. The molecule has 0 aromatic carbocycles. The molecule has 134 valence electrons. The number of H-pyrrole nitrogens is 1. The van der Waals surface area contributed by atoms with Crippen LogP contribution in [0.2, 0.25) is 10.2 Å². The highest BCUT2D eigenvalue weighted by Crippen LogP contribution is 2.22. The second-order valence-electron chi connectivity index (χ2n) is 5.97. The van der Waals surface area contributed by atoms with Crippen LogP contribution in [0, 0.1) is 5.92 Å². The Kier molecular flexibility index (Phi) is 5.60. The van der Waals surface area contributed by atoms with Crippen molar-refractivity contribution in [1.82, 2.24) is 30.2 Å². The molecule has 10 heteroatoms. The van der Waals surface area contributed by atoms with E-state index in [9.17, 15) is 9.59 Å². The molecule has 1 unspecified atom stereocenters. The minimum atomic E-state index is -0.259. The largest absolute Gasteiger partial charge is 0.350 e. The van der Waals surface area contributed by atoms with Crippen molar-refractivity contribution in [2.24, 2.45) is 5.92 Å². The van der Waals surface area contributed by atoms with Gasteiger partial charge in [-0.15, -0.1) is 5.10 Å². The van der Waals surface area contributed by atoms with Gasteiger partial charge in [-0.25, -0.2) is 0 Å². The van der Waals surface area contributed by atoms with E-state index in [0.717, 1.165) is 6.42 Å². The van der Waals surface area contributed by atoms with Crippen LogP contribution in [0.5, 0.6) is 0 Å². The average molecular weight is 385 g/mol. The van der Waals surface area contributed by atoms with Crippen molar-refractivity contribution < 1.29 is 9.59 Å². The molecular formula is C15H18Cl2N6O2. The van der Waals surface area contributed by atoms with E-state index in [4.69, 9.17) is 23.2 Å². The minimum Gasteiger partial charge on any atom is -0.350 e. The van der Waals surface area contributed by atoms with Crippen LogP contribution in [0.4, 0.5) is 0 Å². The highest BCUT2D eigenvalue weighted by Gasteiger charge is 2.26. The number of rotatable bonds is 6. The Balaban J connectivity index is 1.41. The molecule has 0 bridgehead atoms. The molecule has 8 nitrogen and oxygen atoms in total. The first-order valence-corrected chi connectivity index (χ1v) is 8.72. The molecule has 1 atom stereocenters. The van der Waals surface area contributed by atoms with Crippen molar-refractivity contribution in [3.8, 4) is 0 Å². The van der Waals surface area contributed by atoms with E-state index in [0.29, 0.717) is 43.3 Å². The fraction of sp³-hybridized carbons (Fsp3) is 0.467. The molecule has 1 fully saturated rings. The monoisotopic (exact) mass is 384 g/mol. The highest BCUT2D eigenvalue weighted by molar-refractivity contribution is 6.41. The van der Waals surface area contributed by atoms with E-state index >= 15 is 0 Å². The van der Waals surface area contributed by atoms with Gasteiger partial charge in [-0.2, -0.15) is 0 Å². The fourth-order valence-corrected chi connectivity index (χ4v) is 3.12. The van der Waals surface area contributed by atoms with Crippen molar-refractivity contribution in [3.63, 3.8) is 0 Å². The van der Waals surface area contributed by atoms with Gasteiger partial charge in [0, 0.05) is 32.3 Å². The summed E-state index contributed by atoms with van der Waals surface area (Å²) in [5.41, 5.74) is 0.328. The van der Waals surface area contributed by atoms with Crippen LogP contribution in [-0.2, 0) is 11.3 Å². The Morgan fingerprint density at radius 1 is 1.40 bits per heavy atom. The maximum absolute atomic E-state index is 12.2. The number of aromatic amines is 1. The fourth-order valence-electron chi connectivity index (χ4n) is 2.80. The standard InChI is InChI=1S/C15H18Cl2N6O2/c16-11-7-12(20-14(11)17)15(25)18-8-10-1-4-22(9-10)13(24)2-5-23-6-3-19-21-23/h3,6-7,10,20H,1-2,4-5,8-9H2,(H,18,25). The molecule has 2 aromatic rings. The molecule has 3 heterocycles. The SMILES string of the molecule is O=C(NCC1CCN(C(=O)CCn2ccnn2)C1)c1cc(Cl)c(Cl)[nH]1. The molecule has 1 aliphatic rings. The number of aromatic nitrogens is 4. The van der Waals surface area contributed by atoms with Crippen molar-refractivity contribution >= 4 is 35.0 Å². The lowest BCUT2D eigenvalue weighted by Gasteiger charge is -2.16. The number of hydrogen-bond acceptors (Lipinski definition) is 4. The van der Waals surface area contributed by atoms with Gasteiger partial charge in [0.2, 0.25) is 5.91 Å². The van der Waals surface area contributed by atoms with Gasteiger partial charge in [-0.3, -0.25) is 14.3 Å². The first-order chi connectivity index (χ1) is 12.0. The molecule has 0 aliphatic carbocycles. The number of carbonyl (C=O) groups is 2. The van der Waals surface area contributed by atoms with Crippen molar-refractivity contribution in [2.45, 2.75) is 19.4 Å². The summed E-state index contributed by atoms with van der Waals surface area (Å²) in [6.07, 6.45) is 4.57. The summed E-state index contributed by atoms with van der Waals surface area (Å²) >= 11 is 11.6. The van der Waals surface area contributed by atoms with Crippen molar-refractivity contribution in [2.75, 3.05) is 19.6 Å². The van der Waals surface area contributed by atoms with Crippen LogP contribution in [0.25, 0.3) is 0 Å². The van der Waals surface area contributed by atoms with Gasteiger partial charge in [0.1, 0.15) is 10.8 Å². The molecule has 2 amide bonds. The van der Waals surface area contributed by atoms with Gasteiger partial charge in [-0.1, -0.05) is 28.4 Å². The van der Waals surface area contributed by atoms with Crippen LogP contribution >= 0.6 is 23.2 Å². The van der Waals surface area contributed by atoms with Gasteiger partial charge in [0.25, 0.3) is 5.91 Å². The van der Waals surface area contributed by atoms with Gasteiger partial charge in [0.05, 0.1) is 17.8 Å². The second kappa shape index (κ2) is 7.88. The summed E-state index contributed by atoms with van der Waals surface area (Å²) < 4.78 is 1.64. The van der Waals surface area contributed by atoms with Crippen LogP contribution < -0.4 is 5.32 Å². The Bertz CT molecular complexity index is 726. The smallest absolute Gasteiger partial charge is 0.267 e. The molecule has 25 heavy (non-hydrogen) atoms. The van der Waals surface area contributed by atoms with Gasteiger partial charge in [-0.05, 0) is 18.4 Å². The summed E-state index contributed by atoms with van der Waals surface area (Å²) in [4.78, 5) is 28.8. The maximum atomic E-state index is 12.2. The number of nitrogens with zero attached hydrogens (tertiary/aromatic N) is 4. The first-order valence-electron chi connectivity index (χ1n) is 7.97. The lowest BCUT2D eigenvalue weighted by atomic mass is 10.1. The van der Waals surface area contributed by atoms with Crippen LogP contribution in [0.3, 0.4) is 0 Å². The van der Waals surface area contributed by atoms with Crippen LogP contribution in [0.15, 0.2) is 18.5 Å². The van der Waals surface area contributed by atoms with E-state index in [1.54, 1.807) is 17.1 Å². The van der Waals surface area contributed by atoms with E-state index < -0.39 is 0 Å². The van der Waals surface area contributed by atoms with Crippen LogP contribution in [0.1, 0.15) is 23.3 Å². The summed E-state index contributed by atoms with van der Waals surface area (Å²) in [5.74, 6) is 0.0668. The Hall–Kier alpha value is -2.06. The normalized spacial score (nSPS) is 17.0. The minimum absolute atomic E-state index is 0.0901. The molecule has 2 aromatic heterocycles. The zero-order chi connectivity index (χ0) is 17.8. The van der Waals surface area contributed by atoms with E-state index in [1.807, 2.05) is 4.90 Å². The van der Waals surface area contributed by atoms with Gasteiger partial charge >= 0.3 is 0 Å². The third kappa shape index (κ3) is 4.52. The number of aryl methyl sites for hydroxylation is 1. The number of likely N-dealkylation sites (tertiary alicyclic amines) is 1. The molecule has 0 spiro atoms. The zero-order valence-corrected chi connectivity index (χ0v) is 14.9. The second-order valence-corrected chi connectivity index (χ2v) is 6.75. The van der Waals surface area contributed by atoms with Gasteiger partial charge in [0.15, 0.2) is 0 Å². The highest BCUT2D eigenvalue weighted by atomic mass is 35.5. The van der Waals surface area contributed by atoms with Crippen LogP contribution in [-0.4, -0.2) is 56.3 Å². The van der Waals surface area contributed by atoms with E-state index in [2.05, 4.69) is 20.6 Å². The lowest BCUT2D eigenvalue weighted by Crippen LogP contribution is -2.33. The third-order valence-corrected chi connectivity index (χ3v) is 4.88. The summed E-state index contributed by atoms with van der Waals surface area (Å²) in [7, 11) is 0. The average Bonchev–Trinajstić information content (AvgIpc) is 3.33. The number of carbonyl (C=O) groups excluding carboxylic acids is 2. The van der Waals surface area contributed by atoms with Crippen molar-refractivity contribution in [3.05, 3.63) is 34.3 Å². The molecule has 1 aliphatic heterocycles. The molecular weight excluding hydrogens is 367 g/mol. The Morgan fingerprint density at radius 3 is 2.92 bits per heavy atom. The number of amides is 2. The first kappa shape index (κ1) is 17.8. The zero-order valence-electron chi connectivity index (χ0n) is 13.4. The molecule has 3 rings (SSSR count). The Morgan fingerprint density at radius 2 is 2.24 bits per heavy atom. The molecule has 2 N–H and O–H groups in total. The maximum Gasteiger partial charge on any atom is 0.267 e. The number of hydrogen-bond donors (Lipinski definition) is 2. The summed E-state index contributed by atoms with van der Waals surface area (Å²) in [6.45, 7) is 2.37. The number of halogens is 2. The Labute approximate surface area is 154 Å². The van der Waals surface area contributed by atoms with E-state index in [1.165, 1.54) is 6.07 Å². The lowest BCUT2D eigenvalue weighted by molar-refractivity contribution is -0.130. The summed E-state index contributed by atoms with van der Waals surface area (Å²) in [6, 6.07) is 1.49. The topological polar surface area (TPSA) is 95.9 Å². The van der Waals surface area contributed by atoms with E-state index in [-0.39, 0.29) is 22.9 Å². The quantitative estimate of drug-likeness (QED) is 0.789. The molecule has 0 saturated carbocycles. The van der Waals surface area contributed by atoms with Crippen molar-refractivity contribution in [1.29, 1.82) is 0 Å². The number of nitrogens with one attached hydrogen (secondary N) is 2.